The molecule has 1 atom stereocenters. The number of alkyl halides is 3. The second kappa shape index (κ2) is 10.7. The molecule has 6 nitrogen and oxygen atoms in total. The van der Waals surface area contributed by atoms with Crippen LogP contribution in [0.3, 0.4) is 0 Å². The molecule has 3 heterocycles. The van der Waals surface area contributed by atoms with Gasteiger partial charge in [0.1, 0.15) is 0 Å². The van der Waals surface area contributed by atoms with Gasteiger partial charge in [0.05, 0.1) is 18.1 Å². The van der Waals surface area contributed by atoms with E-state index < -0.39 is 29.5 Å². The number of amides is 1. The second-order valence-electron chi connectivity index (χ2n) is 9.80. The van der Waals surface area contributed by atoms with Gasteiger partial charge < -0.3 is 10.6 Å². The number of carbonyl (C=O) groups is 1. The molecule has 0 spiro atoms. The van der Waals surface area contributed by atoms with E-state index in [1.54, 1.807) is 30.3 Å². The highest BCUT2D eigenvalue weighted by Crippen LogP contribution is 2.36. The predicted molar refractivity (Wildman–Crippen MR) is 138 cm³/mol. The van der Waals surface area contributed by atoms with Crippen LogP contribution in [0.2, 0.25) is 0 Å². The third-order valence-electron chi connectivity index (χ3n) is 6.77. The number of aromatic nitrogens is 2. The number of hydrogen-bond donors (Lipinski definition) is 2. The third kappa shape index (κ3) is 5.93. The van der Waals surface area contributed by atoms with Crippen LogP contribution in [-0.4, -0.2) is 39.9 Å². The molecule has 3 aromatic rings. The molecule has 39 heavy (non-hydrogen) atoms. The number of benzene rings is 2. The molecular weight excluding hydrogens is 517 g/mol. The number of hydrogen-bond acceptors (Lipinski definition) is 5. The first-order valence-electron chi connectivity index (χ1n) is 12.6. The van der Waals surface area contributed by atoms with Gasteiger partial charge in [-0.3, -0.25) is 9.69 Å². The van der Waals surface area contributed by atoms with Crippen molar-refractivity contribution in [3.05, 3.63) is 77.4 Å². The standard InChI is InChI=1S/C28H26F5N5O/c1-16-9-22(26(39)37-19-13-34-27(35-14-19)28(31,32)33)21-12-18(5-6-24(21)36-16)20-10-17(11-23(29)25(20)30)15-38-7-3-2-4-8-38/h5-6,9-14,16,36H,2-4,7-8,15H2,1H3,(H,37,39). The lowest BCUT2D eigenvalue weighted by Gasteiger charge is -2.27. The largest absolute Gasteiger partial charge is 0.451 e. The molecule has 5 rings (SSSR count). The van der Waals surface area contributed by atoms with Crippen molar-refractivity contribution in [2.45, 2.75) is 44.9 Å². The molecule has 2 aliphatic heterocycles. The summed E-state index contributed by atoms with van der Waals surface area (Å²) in [4.78, 5) is 21.9. The summed E-state index contributed by atoms with van der Waals surface area (Å²) >= 11 is 0. The summed E-state index contributed by atoms with van der Waals surface area (Å²) in [5, 5.41) is 5.74. The van der Waals surface area contributed by atoms with E-state index in [1.807, 2.05) is 6.92 Å². The maximum Gasteiger partial charge on any atom is 0.451 e. The molecule has 2 N–H and O–H groups in total. The van der Waals surface area contributed by atoms with Crippen LogP contribution in [0.1, 0.15) is 43.1 Å². The third-order valence-corrected chi connectivity index (χ3v) is 6.77. The van der Waals surface area contributed by atoms with Gasteiger partial charge in [0.25, 0.3) is 5.91 Å². The van der Waals surface area contributed by atoms with Crippen molar-refractivity contribution < 1.29 is 26.7 Å². The fraction of sp³-hybridized carbons (Fsp3) is 0.321. The molecule has 1 fully saturated rings. The maximum atomic E-state index is 15.0. The monoisotopic (exact) mass is 543 g/mol. The molecule has 1 aromatic heterocycles. The Balaban J connectivity index is 1.44. The molecular formula is C28H26F5N5O. The number of carbonyl (C=O) groups excluding carboxylic acids is 1. The zero-order chi connectivity index (χ0) is 27.7. The van der Waals surface area contributed by atoms with Crippen molar-refractivity contribution >= 4 is 22.9 Å². The fourth-order valence-corrected chi connectivity index (χ4v) is 4.94. The summed E-state index contributed by atoms with van der Waals surface area (Å²) in [5.74, 6) is -3.84. The van der Waals surface area contributed by atoms with Crippen molar-refractivity contribution in [1.29, 1.82) is 0 Å². The summed E-state index contributed by atoms with van der Waals surface area (Å²) in [6.45, 7) is 4.15. The van der Waals surface area contributed by atoms with Gasteiger partial charge in [-0.1, -0.05) is 12.5 Å². The van der Waals surface area contributed by atoms with Crippen LogP contribution in [0.5, 0.6) is 0 Å². The highest BCUT2D eigenvalue weighted by Gasteiger charge is 2.34. The summed E-state index contributed by atoms with van der Waals surface area (Å²) in [6, 6.07) is 7.57. The van der Waals surface area contributed by atoms with E-state index in [-0.39, 0.29) is 22.9 Å². The number of nitrogens with zero attached hydrogens (tertiary/aromatic N) is 3. The van der Waals surface area contributed by atoms with Gasteiger partial charge >= 0.3 is 6.18 Å². The lowest BCUT2D eigenvalue weighted by atomic mass is 9.92. The molecule has 1 unspecified atom stereocenters. The van der Waals surface area contributed by atoms with Gasteiger partial charge in [0, 0.05) is 35.0 Å². The minimum atomic E-state index is -4.70. The van der Waals surface area contributed by atoms with Crippen LogP contribution >= 0.6 is 0 Å². The molecule has 0 radical (unpaired) electrons. The molecule has 0 aliphatic carbocycles. The molecule has 1 amide bonds. The Morgan fingerprint density at radius 2 is 1.77 bits per heavy atom. The lowest BCUT2D eigenvalue weighted by molar-refractivity contribution is -0.144. The number of nitrogens with one attached hydrogen (secondary N) is 2. The second-order valence-corrected chi connectivity index (χ2v) is 9.80. The quantitative estimate of drug-likeness (QED) is 0.372. The van der Waals surface area contributed by atoms with E-state index in [1.165, 1.54) is 6.07 Å². The highest BCUT2D eigenvalue weighted by molar-refractivity contribution is 6.27. The first-order chi connectivity index (χ1) is 18.6. The Bertz CT molecular complexity index is 1420. The van der Waals surface area contributed by atoms with Crippen LogP contribution in [0.25, 0.3) is 16.7 Å². The van der Waals surface area contributed by atoms with Crippen molar-refractivity contribution in [3.8, 4) is 11.1 Å². The summed E-state index contributed by atoms with van der Waals surface area (Å²) in [7, 11) is 0. The summed E-state index contributed by atoms with van der Waals surface area (Å²) in [5.41, 5.74) is 2.38. The van der Waals surface area contributed by atoms with Crippen LogP contribution in [-0.2, 0) is 17.5 Å². The first-order valence-corrected chi connectivity index (χ1v) is 12.6. The minimum Gasteiger partial charge on any atom is -0.379 e. The Labute approximate surface area is 222 Å². The van der Waals surface area contributed by atoms with E-state index in [0.29, 0.717) is 28.9 Å². The van der Waals surface area contributed by atoms with Crippen molar-refractivity contribution in [3.63, 3.8) is 0 Å². The van der Waals surface area contributed by atoms with E-state index >= 15 is 4.39 Å². The molecule has 0 bridgehead atoms. The van der Waals surface area contributed by atoms with Crippen molar-refractivity contribution in [1.82, 2.24) is 14.9 Å². The Hall–Kier alpha value is -3.86. The van der Waals surface area contributed by atoms with Crippen molar-refractivity contribution in [2.24, 2.45) is 0 Å². The number of piperidine rings is 1. The number of halogens is 5. The average Bonchev–Trinajstić information content (AvgIpc) is 2.90. The first kappa shape index (κ1) is 26.7. The number of anilines is 2. The zero-order valence-corrected chi connectivity index (χ0v) is 21.1. The molecule has 11 heteroatoms. The SMILES string of the molecule is CC1C=C(C(=O)Nc2cnc(C(F)(F)F)nc2)c2cc(-c3cc(CN4CCCCC4)cc(F)c3F)ccc2N1. The topological polar surface area (TPSA) is 70.2 Å². The smallest absolute Gasteiger partial charge is 0.379 e. The Morgan fingerprint density at radius 1 is 1.05 bits per heavy atom. The average molecular weight is 544 g/mol. The van der Waals surface area contributed by atoms with E-state index in [0.717, 1.165) is 44.7 Å². The van der Waals surface area contributed by atoms with Gasteiger partial charge in [-0.2, -0.15) is 13.2 Å². The molecule has 2 aromatic carbocycles. The van der Waals surface area contributed by atoms with Gasteiger partial charge in [-0.05, 0) is 74.3 Å². The summed E-state index contributed by atoms with van der Waals surface area (Å²) < 4.78 is 68.0. The fourth-order valence-electron chi connectivity index (χ4n) is 4.94. The van der Waals surface area contributed by atoms with Gasteiger partial charge in [-0.15, -0.1) is 0 Å². The van der Waals surface area contributed by atoms with E-state index in [2.05, 4.69) is 25.5 Å². The normalized spacial score (nSPS) is 17.7. The van der Waals surface area contributed by atoms with Crippen LogP contribution in [0.4, 0.5) is 33.3 Å². The minimum absolute atomic E-state index is 0.0173. The van der Waals surface area contributed by atoms with Crippen LogP contribution < -0.4 is 10.6 Å². The van der Waals surface area contributed by atoms with Gasteiger partial charge in [-0.25, -0.2) is 18.7 Å². The maximum absolute atomic E-state index is 15.0. The van der Waals surface area contributed by atoms with Crippen molar-refractivity contribution in [2.75, 3.05) is 23.7 Å². The van der Waals surface area contributed by atoms with Crippen LogP contribution in [0, 0.1) is 11.6 Å². The number of rotatable bonds is 5. The number of fused-ring (bicyclic) bond motifs is 1. The number of likely N-dealkylation sites (tertiary alicyclic amines) is 1. The predicted octanol–water partition coefficient (Wildman–Crippen LogP) is 6.26. The zero-order valence-electron chi connectivity index (χ0n) is 21.1. The Kier molecular flexibility index (Phi) is 7.35. The molecule has 204 valence electrons. The Morgan fingerprint density at radius 3 is 2.46 bits per heavy atom. The van der Waals surface area contributed by atoms with E-state index in [9.17, 15) is 22.4 Å². The van der Waals surface area contributed by atoms with Gasteiger partial charge in [0.15, 0.2) is 11.6 Å². The lowest BCUT2D eigenvalue weighted by Crippen LogP contribution is -2.29. The molecule has 2 aliphatic rings. The summed E-state index contributed by atoms with van der Waals surface area (Å²) in [6.07, 6.45) is 2.01. The molecule has 0 saturated carbocycles. The van der Waals surface area contributed by atoms with Gasteiger partial charge in [0.2, 0.25) is 5.82 Å². The van der Waals surface area contributed by atoms with E-state index in [4.69, 9.17) is 0 Å². The highest BCUT2D eigenvalue weighted by atomic mass is 19.4. The molecule has 1 saturated heterocycles. The van der Waals surface area contributed by atoms with Crippen LogP contribution in [0.15, 0.2) is 48.8 Å².